The Morgan fingerprint density at radius 1 is 1.20 bits per heavy atom. The summed E-state index contributed by atoms with van der Waals surface area (Å²) in [4.78, 5) is 1.30. The van der Waals surface area contributed by atoms with Crippen LogP contribution in [0.5, 0.6) is 0 Å². The molecular formula is C11H9BrClNS. The van der Waals surface area contributed by atoms with Crippen LogP contribution in [0.2, 0.25) is 5.02 Å². The highest BCUT2D eigenvalue weighted by Gasteiger charge is 2.00. The molecular weight excluding hydrogens is 294 g/mol. The zero-order valence-electron chi connectivity index (χ0n) is 7.84. The molecule has 2 rings (SSSR count). The Morgan fingerprint density at radius 3 is 2.53 bits per heavy atom. The van der Waals surface area contributed by atoms with Crippen LogP contribution in [0.15, 0.2) is 40.2 Å². The minimum Gasteiger partial charge on any atom is -0.380 e. The quantitative estimate of drug-likeness (QED) is 0.860. The monoisotopic (exact) mass is 301 g/mol. The van der Waals surface area contributed by atoms with E-state index < -0.39 is 0 Å². The summed E-state index contributed by atoms with van der Waals surface area (Å²) in [6, 6.07) is 9.78. The largest absolute Gasteiger partial charge is 0.380 e. The summed E-state index contributed by atoms with van der Waals surface area (Å²) in [5.41, 5.74) is 1.08. The molecule has 1 aromatic heterocycles. The normalized spacial score (nSPS) is 10.3. The fraction of sp³-hybridized carbons (Fsp3) is 0.0909. The van der Waals surface area contributed by atoms with Gasteiger partial charge in [0.2, 0.25) is 0 Å². The summed E-state index contributed by atoms with van der Waals surface area (Å²) >= 11 is 11.0. The van der Waals surface area contributed by atoms with Crippen LogP contribution >= 0.6 is 38.9 Å². The standard InChI is InChI=1S/C11H9BrClNS/c12-10-5-6-15-11(10)7-14-9-3-1-8(13)2-4-9/h1-6,14H,7H2. The van der Waals surface area contributed by atoms with Crippen LogP contribution in [0.1, 0.15) is 4.88 Å². The first-order valence-electron chi connectivity index (χ1n) is 4.47. The van der Waals surface area contributed by atoms with Gasteiger partial charge in [-0.05, 0) is 51.6 Å². The molecule has 0 fully saturated rings. The summed E-state index contributed by atoms with van der Waals surface area (Å²) in [7, 11) is 0. The third kappa shape index (κ3) is 2.97. The average molecular weight is 303 g/mol. The molecule has 0 aliphatic heterocycles. The number of hydrogen-bond acceptors (Lipinski definition) is 2. The van der Waals surface area contributed by atoms with Gasteiger partial charge in [-0.3, -0.25) is 0 Å². The molecule has 0 unspecified atom stereocenters. The third-order valence-electron chi connectivity index (χ3n) is 1.99. The molecule has 0 spiro atoms. The molecule has 78 valence electrons. The van der Waals surface area contributed by atoms with Crippen molar-refractivity contribution in [2.24, 2.45) is 0 Å². The van der Waals surface area contributed by atoms with E-state index in [-0.39, 0.29) is 0 Å². The molecule has 0 radical (unpaired) electrons. The summed E-state index contributed by atoms with van der Waals surface area (Å²) < 4.78 is 1.16. The topological polar surface area (TPSA) is 12.0 Å². The van der Waals surface area contributed by atoms with Crippen molar-refractivity contribution in [3.63, 3.8) is 0 Å². The van der Waals surface area contributed by atoms with Gasteiger partial charge < -0.3 is 5.32 Å². The summed E-state index contributed by atoms with van der Waals surface area (Å²) in [6.45, 7) is 0.833. The van der Waals surface area contributed by atoms with Gasteiger partial charge in [-0.15, -0.1) is 11.3 Å². The Bertz CT molecular complexity index is 438. The van der Waals surface area contributed by atoms with E-state index in [0.29, 0.717) is 0 Å². The predicted molar refractivity (Wildman–Crippen MR) is 70.8 cm³/mol. The minimum atomic E-state index is 0.762. The molecule has 0 aliphatic carbocycles. The van der Waals surface area contributed by atoms with Gasteiger partial charge in [0.15, 0.2) is 0 Å². The van der Waals surface area contributed by atoms with Gasteiger partial charge in [-0.25, -0.2) is 0 Å². The minimum absolute atomic E-state index is 0.762. The first-order chi connectivity index (χ1) is 7.25. The Labute approximate surface area is 106 Å². The van der Waals surface area contributed by atoms with Crippen molar-refractivity contribution in [3.05, 3.63) is 50.1 Å². The van der Waals surface area contributed by atoms with Crippen molar-refractivity contribution in [2.75, 3.05) is 5.32 Å². The highest BCUT2D eigenvalue weighted by Crippen LogP contribution is 2.23. The van der Waals surface area contributed by atoms with E-state index in [9.17, 15) is 0 Å². The molecule has 0 saturated carbocycles. The van der Waals surface area contributed by atoms with Crippen molar-refractivity contribution in [1.29, 1.82) is 0 Å². The van der Waals surface area contributed by atoms with Gasteiger partial charge in [0.1, 0.15) is 0 Å². The fourth-order valence-electron chi connectivity index (χ4n) is 1.20. The number of anilines is 1. The molecule has 0 atom stereocenters. The number of benzene rings is 1. The molecule has 1 aromatic carbocycles. The molecule has 1 nitrogen and oxygen atoms in total. The molecule has 0 saturated heterocycles. The second-order valence-electron chi connectivity index (χ2n) is 3.05. The molecule has 0 bridgehead atoms. The SMILES string of the molecule is Clc1ccc(NCc2sccc2Br)cc1. The summed E-state index contributed by atoms with van der Waals surface area (Å²) in [5.74, 6) is 0. The van der Waals surface area contributed by atoms with Crippen LogP contribution in [-0.4, -0.2) is 0 Å². The number of rotatable bonds is 3. The zero-order chi connectivity index (χ0) is 10.7. The third-order valence-corrected chi connectivity index (χ3v) is 4.17. The summed E-state index contributed by atoms with van der Waals surface area (Å²) in [6.07, 6.45) is 0. The van der Waals surface area contributed by atoms with E-state index in [1.54, 1.807) is 11.3 Å². The van der Waals surface area contributed by atoms with Crippen molar-refractivity contribution >= 4 is 44.6 Å². The average Bonchev–Trinajstić information content (AvgIpc) is 2.63. The molecule has 1 N–H and O–H groups in total. The van der Waals surface area contributed by atoms with Crippen molar-refractivity contribution in [3.8, 4) is 0 Å². The number of halogens is 2. The number of hydrogen-bond donors (Lipinski definition) is 1. The molecule has 1 heterocycles. The predicted octanol–water partition coefficient (Wildman–Crippen LogP) is 4.78. The second kappa shape index (κ2) is 5.01. The lowest BCUT2D eigenvalue weighted by molar-refractivity contribution is 1.18. The highest BCUT2D eigenvalue weighted by molar-refractivity contribution is 9.10. The first kappa shape index (κ1) is 11.0. The van der Waals surface area contributed by atoms with Gasteiger partial charge in [-0.2, -0.15) is 0 Å². The van der Waals surface area contributed by atoms with E-state index in [1.807, 2.05) is 24.3 Å². The van der Waals surface area contributed by atoms with E-state index in [1.165, 1.54) is 4.88 Å². The van der Waals surface area contributed by atoms with Crippen LogP contribution in [-0.2, 0) is 6.54 Å². The van der Waals surface area contributed by atoms with Crippen LogP contribution in [0.4, 0.5) is 5.69 Å². The Kier molecular flexibility index (Phi) is 3.67. The van der Waals surface area contributed by atoms with E-state index in [2.05, 4.69) is 32.7 Å². The van der Waals surface area contributed by atoms with Crippen LogP contribution in [0, 0.1) is 0 Å². The smallest absolute Gasteiger partial charge is 0.0505 e. The van der Waals surface area contributed by atoms with Gasteiger partial charge in [0, 0.05) is 20.1 Å². The van der Waals surface area contributed by atoms with Crippen molar-refractivity contribution in [1.82, 2.24) is 0 Å². The molecule has 2 aromatic rings. The maximum Gasteiger partial charge on any atom is 0.0505 e. The van der Waals surface area contributed by atoms with Gasteiger partial charge >= 0.3 is 0 Å². The van der Waals surface area contributed by atoms with E-state index in [4.69, 9.17) is 11.6 Å². The lowest BCUT2D eigenvalue weighted by Crippen LogP contribution is -1.97. The molecule has 0 amide bonds. The molecule has 0 aliphatic rings. The number of thiophene rings is 1. The van der Waals surface area contributed by atoms with Crippen LogP contribution in [0.25, 0.3) is 0 Å². The van der Waals surface area contributed by atoms with Crippen molar-refractivity contribution in [2.45, 2.75) is 6.54 Å². The van der Waals surface area contributed by atoms with Crippen LogP contribution < -0.4 is 5.32 Å². The van der Waals surface area contributed by atoms with Crippen molar-refractivity contribution < 1.29 is 0 Å². The zero-order valence-corrected chi connectivity index (χ0v) is 11.0. The maximum atomic E-state index is 5.80. The summed E-state index contributed by atoms with van der Waals surface area (Å²) in [5, 5.41) is 6.17. The van der Waals surface area contributed by atoms with Gasteiger partial charge in [-0.1, -0.05) is 11.6 Å². The maximum absolute atomic E-state index is 5.80. The molecule has 15 heavy (non-hydrogen) atoms. The van der Waals surface area contributed by atoms with Gasteiger partial charge in [0.25, 0.3) is 0 Å². The Balaban J connectivity index is 1.99. The Hall–Kier alpha value is -0.510. The fourth-order valence-corrected chi connectivity index (χ4v) is 2.76. The van der Waals surface area contributed by atoms with Gasteiger partial charge in [0.05, 0.1) is 6.54 Å². The Morgan fingerprint density at radius 2 is 1.93 bits per heavy atom. The van der Waals surface area contributed by atoms with Crippen LogP contribution in [0.3, 0.4) is 0 Å². The first-order valence-corrected chi connectivity index (χ1v) is 6.52. The number of nitrogens with one attached hydrogen (secondary N) is 1. The lowest BCUT2D eigenvalue weighted by Gasteiger charge is -2.05. The van der Waals surface area contributed by atoms with E-state index in [0.717, 1.165) is 21.7 Å². The highest BCUT2D eigenvalue weighted by atomic mass is 79.9. The lowest BCUT2D eigenvalue weighted by atomic mass is 10.3. The molecule has 4 heteroatoms. The van der Waals surface area contributed by atoms with E-state index >= 15 is 0 Å². The second-order valence-corrected chi connectivity index (χ2v) is 5.34.